The molecule has 0 fully saturated rings. The van der Waals surface area contributed by atoms with E-state index in [0.29, 0.717) is 0 Å². The smallest absolute Gasteiger partial charge is 0.398 e. The predicted molar refractivity (Wildman–Crippen MR) is 311 cm³/mol. The average Bonchev–Trinajstić information content (AvgIpc) is 3.67. The van der Waals surface area contributed by atoms with Crippen LogP contribution < -0.4 is 20.9 Å². The first kappa shape index (κ1) is 46.5. The molecule has 0 saturated carbocycles. The number of rotatable bonds is 20. The maximum Gasteiger partial charge on any atom is 0.398 e. The monoisotopic (exact) mass is 927 g/mol. The molecule has 0 saturated heterocycles. The lowest BCUT2D eigenvalue weighted by atomic mass is 9.70. The van der Waals surface area contributed by atoms with Crippen molar-refractivity contribution in [3.05, 3.63) is 192 Å². The highest BCUT2D eigenvalue weighted by atomic mass is 15.0. The molecule has 6 heteroatoms. The Balaban J connectivity index is 0.864. The van der Waals surface area contributed by atoms with E-state index in [1.54, 1.807) is 11.1 Å². The maximum absolute atomic E-state index is 3.69. The van der Waals surface area contributed by atoms with Crippen molar-refractivity contribution < 1.29 is 0 Å². The average molecular weight is 927 g/mol. The highest BCUT2D eigenvalue weighted by Gasteiger charge is 2.42. The van der Waals surface area contributed by atoms with Crippen LogP contribution in [0.1, 0.15) is 126 Å². The highest BCUT2D eigenvalue weighted by Crippen LogP contribution is 2.56. The lowest BCUT2D eigenvalue weighted by molar-refractivity contribution is 0.398. The fourth-order valence-corrected chi connectivity index (χ4v) is 12.0. The van der Waals surface area contributed by atoms with Gasteiger partial charge in [-0.1, -0.05) is 236 Å². The van der Waals surface area contributed by atoms with Crippen LogP contribution in [0.2, 0.25) is 0 Å². The number of benzene rings is 8. The zero-order chi connectivity index (χ0) is 48.0. The highest BCUT2D eigenvalue weighted by molar-refractivity contribution is 6.73. The molecule has 0 atom stereocenters. The molecule has 1 aliphatic carbocycles. The molecule has 71 heavy (non-hydrogen) atoms. The summed E-state index contributed by atoms with van der Waals surface area (Å²) in [5.41, 5.74) is 18.2. The number of nitrogens with one attached hydrogen (secondary N) is 4. The Hall–Kier alpha value is -6.91. The van der Waals surface area contributed by atoms with E-state index in [1.807, 2.05) is 0 Å². The van der Waals surface area contributed by atoms with E-state index in [2.05, 4.69) is 217 Å². The molecular weight excluding hydrogens is 858 g/mol. The molecule has 0 radical (unpaired) electrons. The Kier molecular flexibility index (Phi) is 13.9. The van der Waals surface area contributed by atoms with Crippen molar-refractivity contribution in [1.82, 2.24) is 0 Å². The van der Waals surface area contributed by atoms with Crippen LogP contribution in [-0.4, -0.2) is 14.0 Å². The minimum Gasteiger partial charge on any atom is -0.405 e. The first-order valence-corrected chi connectivity index (χ1v) is 27.0. The molecule has 2 aliphatic heterocycles. The van der Waals surface area contributed by atoms with E-state index >= 15 is 0 Å². The van der Waals surface area contributed by atoms with Gasteiger partial charge in [0.2, 0.25) is 0 Å². The number of anilines is 4. The minimum absolute atomic E-state index is 0.0138. The van der Waals surface area contributed by atoms with Crippen LogP contribution in [0.4, 0.5) is 22.7 Å². The van der Waals surface area contributed by atoms with Gasteiger partial charge in [0.1, 0.15) is 0 Å². The van der Waals surface area contributed by atoms with Gasteiger partial charge in [0.25, 0.3) is 0 Å². The second-order valence-corrected chi connectivity index (χ2v) is 20.6. The second-order valence-electron chi connectivity index (χ2n) is 20.6. The molecule has 0 aromatic heterocycles. The SMILES string of the molecule is CCCCCCCCC1(CCCCCCCC)c2cc(-c3ccc(/C=C/B4Nc5cccc6cccc(c56)N4)cc3)ccc2-c2ccc(-c3ccc(/C=C/B4Nc5cccc6cccc(c56)N4)cc3)cc21. The summed E-state index contributed by atoms with van der Waals surface area (Å²) in [6, 6.07) is 59.2. The van der Waals surface area contributed by atoms with Gasteiger partial charge in [-0.15, -0.1) is 0 Å². The minimum atomic E-state index is -0.0244. The van der Waals surface area contributed by atoms with E-state index in [9.17, 15) is 0 Å². The van der Waals surface area contributed by atoms with Crippen LogP contribution in [0, 0.1) is 0 Å². The summed E-state index contributed by atoms with van der Waals surface area (Å²) in [6.45, 7) is 4.67. The van der Waals surface area contributed by atoms with Crippen molar-refractivity contribution in [2.45, 2.75) is 109 Å². The summed E-state index contributed by atoms with van der Waals surface area (Å²) < 4.78 is 0. The van der Waals surface area contributed by atoms with Crippen molar-refractivity contribution in [3.8, 4) is 33.4 Å². The molecule has 0 bridgehead atoms. The topological polar surface area (TPSA) is 48.1 Å². The fourth-order valence-electron chi connectivity index (χ4n) is 12.0. The van der Waals surface area contributed by atoms with Crippen LogP contribution >= 0.6 is 0 Å². The van der Waals surface area contributed by atoms with Crippen molar-refractivity contribution in [2.75, 3.05) is 20.9 Å². The first-order valence-electron chi connectivity index (χ1n) is 27.0. The van der Waals surface area contributed by atoms with Crippen LogP contribution in [0.15, 0.2) is 170 Å². The predicted octanol–water partition coefficient (Wildman–Crippen LogP) is 18.3. The van der Waals surface area contributed by atoms with Crippen LogP contribution in [0.3, 0.4) is 0 Å². The van der Waals surface area contributed by atoms with Crippen molar-refractivity contribution in [2.24, 2.45) is 0 Å². The maximum atomic E-state index is 3.69. The van der Waals surface area contributed by atoms with Gasteiger partial charge < -0.3 is 20.9 Å². The summed E-state index contributed by atoms with van der Waals surface area (Å²) in [5, 5.41) is 19.8. The molecule has 0 spiro atoms. The Labute approximate surface area is 423 Å². The number of hydrogen-bond acceptors (Lipinski definition) is 4. The molecule has 8 aromatic carbocycles. The summed E-state index contributed by atoms with van der Waals surface area (Å²) in [6.07, 6.45) is 22.6. The van der Waals surface area contributed by atoms with Crippen LogP contribution in [0.5, 0.6) is 0 Å². The molecular formula is C65H68B2N4. The normalized spacial score (nSPS) is 14.1. The third-order valence-corrected chi connectivity index (χ3v) is 15.8. The third-order valence-electron chi connectivity index (χ3n) is 15.8. The standard InChI is InChI=1S/C65H68B2N4/c1-3-5-7-9-11-13-41-65(42-14-12-10-8-6-4-2)57-45-53(49-31-27-47(28-32-49)39-43-66-68-59-23-15-19-51-20-16-24-60(69-66)63(51)59)35-37-55(57)56-38-36-54(46-58(56)65)50-33-29-48(30-34-50)40-44-67-70-61-25-17-21-52-22-18-26-62(71-67)64(52)61/h15-40,43-46,68-71H,3-14,41-42H2,1-2H3/b43-39+,44-40+. The summed E-state index contributed by atoms with van der Waals surface area (Å²) in [7, 11) is 0. The van der Waals surface area contributed by atoms with E-state index < -0.39 is 0 Å². The van der Waals surface area contributed by atoms with E-state index in [4.69, 9.17) is 0 Å². The number of fused-ring (bicyclic) bond motifs is 3. The quantitative estimate of drug-likeness (QED) is 0.0454. The zero-order valence-electron chi connectivity index (χ0n) is 41.9. The third kappa shape index (κ3) is 9.79. The van der Waals surface area contributed by atoms with Gasteiger partial charge in [-0.2, -0.15) is 0 Å². The van der Waals surface area contributed by atoms with Gasteiger partial charge in [0, 0.05) is 38.9 Å². The molecule has 8 aromatic rings. The summed E-state index contributed by atoms with van der Waals surface area (Å²) in [5.74, 6) is 4.48. The largest absolute Gasteiger partial charge is 0.405 e. The van der Waals surface area contributed by atoms with Crippen LogP contribution in [-0.2, 0) is 5.41 Å². The van der Waals surface area contributed by atoms with Gasteiger partial charge >= 0.3 is 14.0 Å². The molecule has 11 rings (SSSR count). The van der Waals surface area contributed by atoms with Crippen molar-refractivity contribution in [3.63, 3.8) is 0 Å². The van der Waals surface area contributed by atoms with Gasteiger partial charge in [0.05, 0.1) is 0 Å². The van der Waals surface area contributed by atoms with Gasteiger partial charge in [-0.3, -0.25) is 0 Å². The van der Waals surface area contributed by atoms with E-state index in [1.165, 1.54) is 179 Å². The summed E-state index contributed by atoms with van der Waals surface area (Å²) in [4.78, 5) is 0. The van der Waals surface area contributed by atoms with Crippen molar-refractivity contribution >= 4 is 70.4 Å². The summed E-state index contributed by atoms with van der Waals surface area (Å²) >= 11 is 0. The Morgan fingerprint density at radius 3 is 1.11 bits per heavy atom. The first-order chi connectivity index (χ1) is 35.1. The molecule has 4 nitrogen and oxygen atoms in total. The molecule has 354 valence electrons. The van der Waals surface area contributed by atoms with Crippen LogP contribution in [0.25, 0.3) is 67.1 Å². The Morgan fingerprint density at radius 1 is 0.380 bits per heavy atom. The van der Waals surface area contributed by atoms with Gasteiger partial charge in [0.15, 0.2) is 0 Å². The zero-order valence-corrected chi connectivity index (χ0v) is 41.9. The Bertz CT molecular complexity index is 2910. The fraction of sp³-hybridized carbons (Fsp3) is 0.262. The molecule has 3 aliphatic rings. The van der Waals surface area contributed by atoms with Crippen molar-refractivity contribution in [1.29, 1.82) is 0 Å². The number of hydrogen-bond donors (Lipinski definition) is 4. The molecule has 0 unspecified atom stereocenters. The lowest BCUT2D eigenvalue weighted by Crippen LogP contribution is -2.35. The number of unbranched alkanes of at least 4 members (excludes halogenated alkanes) is 10. The van der Waals surface area contributed by atoms with Gasteiger partial charge in [-0.05, 0) is 116 Å². The second kappa shape index (κ2) is 21.2. The van der Waals surface area contributed by atoms with E-state index in [0.717, 1.165) is 0 Å². The molecule has 4 N–H and O–H groups in total. The molecule has 2 heterocycles. The Morgan fingerprint density at radius 2 is 0.732 bits per heavy atom. The lowest BCUT2D eigenvalue weighted by Gasteiger charge is -2.33. The van der Waals surface area contributed by atoms with E-state index in [-0.39, 0.29) is 19.4 Å². The molecule has 0 amide bonds. The van der Waals surface area contributed by atoms with Gasteiger partial charge in [-0.25, -0.2) is 0 Å².